The van der Waals surface area contributed by atoms with Crippen LogP contribution in [0.4, 0.5) is 0 Å². The van der Waals surface area contributed by atoms with E-state index in [0.717, 1.165) is 43.0 Å². The molecule has 1 fully saturated rings. The van der Waals surface area contributed by atoms with Crippen molar-refractivity contribution in [3.8, 4) is 5.75 Å². The number of hydrogen-bond acceptors (Lipinski definition) is 7. The van der Waals surface area contributed by atoms with Gasteiger partial charge in [-0.3, -0.25) is 4.79 Å². The van der Waals surface area contributed by atoms with Crippen molar-refractivity contribution in [2.24, 2.45) is 5.16 Å². The molecule has 0 aliphatic carbocycles. The van der Waals surface area contributed by atoms with E-state index in [1.54, 1.807) is 24.3 Å². The molecule has 0 radical (unpaired) electrons. The molecule has 0 atom stereocenters. The second-order valence-corrected chi connectivity index (χ2v) is 10.1. The summed E-state index contributed by atoms with van der Waals surface area (Å²) >= 11 is 0. The number of carbonyl (C=O) groups is 1. The molecule has 0 N–H and O–H groups in total. The first kappa shape index (κ1) is 24.7. The number of benzene rings is 2. The number of nitrogens with zero attached hydrogens (tertiary/aromatic N) is 3. The molecular weight excluding hydrogens is 442 g/mol. The molecule has 1 aliphatic rings. The molecule has 0 aromatic heterocycles. The lowest BCUT2D eigenvalue weighted by molar-refractivity contribution is -0.134. The standard InChI is InChI=1S/C24H31N3O5S/c1-4-23(25-32-17-19-5-11-22(12-6-19)33(3,29)30)20-7-9-21(10-8-20)31-18-24(28)27-15-13-26(2)14-16-27/h5-12H,4,13-18H2,1-3H3/b25-23-. The van der Waals surface area contributed by atoms with Crippen LogP contribution >= 0.6 is 0 Å². The first-order valence-electron chi connectivity index (χ1n) is 10.9. The quantitative estimate of drug-likeness (QED) is 0.411. The summed E-state index contributed by atoms with van der Waals surface area (Å²) in [6.07, 6.45) is 1.85. The highest BCUT2D eigenvalue weighted by atomic mass is 32.2. The van der Waals surface area contributed by atoms with Gasteiger partial charge in [-0.25, -0.2) is 8.42 Å². The number of likely N-dealkylation sites (N-methyl/N-ethyl adjacent to an activating group) is 1. The van der Waals surface area contributed by atoms with Crippen molar-refractivity contribution >= 4 is 21.5 Å². The highest BCUT2D eigenvalue weighted by molar-refractivity contribution is 7.90. The monoisotopic (exact) mass is 473 g/mol. The van der Waals surface area contributed by atoms with Crippen LogP contribution in [0, 0.1) is 0 Å². The minimum Gasteiger partial charge on any atom is -0.484 e. The lowest BCUT2D eigenvalue weighted by Crippen LogP contribution is -2.48. The van der Waals surface area contributed by atoms with Crippen molar-refractivity contribution in [3.05, 3.63) is 59.7 Å². The van der Waals surface area contributed by atoms with Gasteiger partial charge < -0.3 is 19.4 Å². The lowest BCUT2D eigenvalue weighted by atomic mass is 10.1. The van der Waals surface area contributed by atoms with E-state index in [-0.39, 0.29) is 24.0 Å². The molecule has 0 saturated carbocycles. The lowest BCUT2D eigenvalue weighted by Gasteiger charge is -2.32. The Balaban J connectivity index is 1.51. The number of oxime groups is 1. The Morgan fingerprint density at radius 2 is 1.64 bits per heavy atom. The van der Waals surface area contributed by atoms with Gasteiger partial charge in [0, 0.05) is 32.4 Å². The van der Waals surface area contributed by atoms with Gasteiger partial charge >= 0.3 is 0 Å². The molecule has 8 nitrogen and oxygen atoms in total. The van der Waals surface area contributed by atoms with E-state index in [9.17, 15) is 13.2 Å². The van der Waals surface area contributed by atoms with Gasteiger partial charge in [0.2, 0.25) is 0 Å². The number of sulfone groups is 1. The van der Waals surface area contributed by atoms with Crippen molar-refractivity contribution in [3.63, 3.8) is 0 Å². The molecule has 33 heavy (non-hydrogen) atoms. The van der Waals surface area contributed by atoms with Crippen molar-refractivity contribution in [2.75, 3.05) is 46.1 Å². The zero-order chi connectivity index (χ0) is 23.8. The molecular formula is C24H31N3O5S. The summed E-state index contributed by atoms with van der Waals surface area (Å²) in [6.45, 7) is 5.48. The molecule has 9 heteroatoms. The molecule has 1 saturated heterocycles. The van der Waals surface area contributed by atoms with E-state index in [1.165, 1.54) is 6.26 Å². The summed E-state index contributed by atoms with van der Waals surface area (Å²) in [7, 11) is -1.16. The maximum atomic E-state index is 12.3. The molecule has 1 aliphatic heterocycles. The maximum Gasteiger partial charge on any atom is 0.260 e. The number of ether oxygens (including phenoxy) is 1. The first-order chi connectivity index (χ1) is 15.8. The Labute approximate surface area is 195 Å². The Hall–Kier alpha value is -2.91. The third kappa shape index (κ3) is 7.30. The zero-order valence-corrected chi connectivity index (χ0v) is 20.2. The van der Waals surface area contributed by atoms with Gasteiger partial charge in [0.05, 0.1) is 10.6 Å². The molecule has 0 spiro atoms. The van der Waals surface area contributed by atoms with Gasteiger partial charge in [-0.05, 0) is 61.0 Å². The molecule has 2 aromatic rings. The van der Waals surface area contributed by atoms with Crippen molar-refractivity contribution in [2.45, 2.75) is 24.8 Å². The summed E-state index contributed by atoms with van der Waals surface area (Å²) in [4.78, 5) is 22.1. The fraction of sp³-hybridized carbons (Fsp3) is 0.417. The molecule has 178 valence electrons. The van der Waals surface area contributed by atoms with E-state index < -0.39 is 9.84 Å². The summed E-state index contributed by atoms with van der Waals surface area (Å²) in [5.74, 6) is 0.629. The summed E-state index contributed by atoms with van der Waals surface area (Å²) in [6, 6.07) is 14.0. The largest absolute Gasteiger partial charge is 0.484 e. The highest BCUT2D eigenvalue weighted by Crippen LogP contribution is 2.16. The minimum atomic E-state index is -3.22. The Morgan fingerprint density at radius 3 is 2.21 bits per heavy atom. The number of hydrogen-bond donors (Lipinski definition) is 0. The molecule has 1 heterocycles. The van der Waals surface area contributed by atoms with Crippen LogP contribution in [-0.4, -0.2) is 75.9 Å². The smallest absolute Gasteiger partial charge is 0.260 e. The van der Waals surface area contributed by atoms with E-state index in [2.05, 4.69) is 17.1 Å². The summed E-state index contributed by atoms with van der Waals surface area (Å²) < 4.78 is 28.8. The number of amides is 1. The Kier molecular flexibility index (Phi) is 8.46. The van der Waals surface area contributed by atoms with Crippen molar-refractivity contribution in [1.29, 1.82) is 0 Å². The first-order valence-corrected chi connectivity index (χ1v) is 12.8. The van der Waals surface area contributed by atoms with Gasteiger partial charge in [-0.1, -0.05) is 24.2 Å². The van der Waals surface area contributed by atoms with Crippen LogP contribution in [0.5, 0.6) is 5.75 Å². The highest BCUT2D eigenvalue weighted by Gasteiger charge is 2.19. The van der Waals surface area contributed by atoms with Gasteiger partial charge in [0.15, 0.2) is 16.4 Å². The molecule has 3 rings (SSSR count). The zero-order valence-electron chi connectivity index (χ0n) is 19.4. The van der Waals surface area contributed by atoms with Gasteiger partial charge in [0.25, 0.3) is 5.91 Å². The van der Waals surface area contributed by atoms with E-state index in [0.29, 0.717) is 12.2 Å². The predicted octanol–water partition coefficient (Wildman–Crippen LogP) is 2.57. The number of rotatable bonds is 9. The number of piperazine rings is 1. The number of carbonyl (C=O) groups excluding carboxylic acids is 1. The average Bonchev–Trinajstić information content (AvgIpc) is 2.81. The molecule has 1 amide bonds. The Morgan fingerprint density at radius 1 is 1.00 bits per heavy atom. The van der Waals surface area contributed by atoms with Gasteiger partial charge in [0.1, 0.15) is 12.4 Å². The SMILES string of the molecule is CC/C(=N/OCc1ccc(S(C)(=O)=O)cc1)c1ccc(OCC(=O)N2CCN(C)CC2)cc1. The van der Waals surface area contributed by atoms with E-state index in [1.807, 2.05) is 36.1 Å². The second-order valence-electron chi connectivity index (χ2n) is 8.08. The van der Waals surface area contributed by atoms with Crippen molar-refractivity contribution in [1.82, 2.24) is 9.80 Å². The van der Waals surface area contributed by atoms with Crippen LogP contribution in [0.2, 0.25) is 0 Å². The van der Waals surface area contributed by atoms with Gasteiger partial charge in [-0.2, -0.15) is 0 Å². The predicted molar refractivity (Wildman–Crippen MR) is 127 cm³/mol. The maximum absolute atomic E-state index is 12.3. The third-order valence-corrected chi connectivity index (χ3v) is 6.63. The fourth-order valence-corrected chi connectivity index (χ4v) is 4.01. The second kappa shape index (κ2) is 11.3. The normalized spacial score (nSPS) is 15.4. The summed E-state index contributed by atoms with van der Waals surface area (Å²) in [5, 5.41) is 4.24. The van der Waals surface area contributed by atoms with E-state index >= 15 is 0 Å². The van der Waals surface area contributed by atoms with Crippen LogP contribution in [-0.2, 0) is 26.1 Å². The average molecular weight is 474 g/mol. The topological polar surface area (TPSA) is 88.5 Å². The van der Waals surface area contributed by atoms with Crippen molar-refractivity contribution < 1.29 is 22.8 Å². The van der Waals surface area contributed by atoms with Crippen LogP contribution in [0.15, 0.2) is 58.6 Å². The molecule has 2 aromatic carbocycles. The van der Waals surface area contributed by atoms with Crippen LogP contribution < -0.4 is 4.74 Å². The molecule has 0 unspecified atom stereocenters. The minimum absolute atomic E-state index is 0.000884. The Bertz CT molecular complexity index is 1060. The van der Waals surface area contributed by atoms with Crippen LogP contribution in [0.25, 0.3) is 0 Å². The third-order valence-electron chi connectivity index (χ3n) is 5.50. The van der Waals surface area contributed by atoms with E-state index in [4.69, 9.17) is 9.57 Å². The fourth-order valence-electron chi connectivity index (χ4n) is 3.37. The molecule has 0 bridgehead atoms. The van der Waals surface area contributed by atoms with Crippen LogP contribution in [0.1, 0.15) is 24.5 Å². The van der Waals surface area contributed by atoms with Crippen LogP contribution in [0.3, 0.4) is 0 Å². The summed E-state index contributed by atoms with van der Waals surface area (Å²) in [5.41, 5.74) is 2.51. The van der Waals surface area contributed by atoms with Gasteiger partial charge in [-0.15, -0.1) is 0 Å².